The molecule has 3 heterocycles. The van der Waals surface area contributed by atoms with Crippen LogP contribution in [-0.2, 0) is 9.47 Å². The summed E-state index contributed by atoms with van der Waals surface area (Å²) in [5, 5.41) is 0. The van der Waals surface area contributed by atoms with Crippen LogP contribution in [-0.4, -0.2) is 48.5 Å². The second-order valence-electron chi connectivity index (χ2n) is 6.88. The minimum atomic E-state index is -0.328. The number of carbonyl (C=O) groups excluding carboxylic acids is 1. The van der Waals surface area contributed by atoms with Crippen LogP contribution in [0.15, 0.2) is 18.3 Å². The Morgan fingerprint density at radius 2 is 1.96 bits per heavy atom. The molecule has 0 aromatic carbocycles. The van der Waals surface area contributed by atoms with E-state index in [-0.39, 0.29) is 18.0 Å². The molecular weight excluding hydrogens is 292 g/mol. The van der Waals surface area contributed by atoms with Crippen molar-refractivity contribution in [1.82, 2.24) is 9.88 Å². The average Bonchev–Trinajstić information content (AvgIpc) is 3.09. The lowest BCUT2D eigenvalue weighted by atomic mass is 9.90. The van der Waals surface area contributed by atoms with E-state index in [1.165, 1.54) is 0 Å². The van der Waals surface area contributed by atoms with Gasteiger partial charge in [0.05, 0.1) is 13.2 Å². The Kier molecular flexibility index (Phi) is 5.41. The molecule has 0 spiro atoms. The number of hydrogen-bond donors (Lipinski definition) is 0. The smallest absolute Gasteiger partial charge is 0.185 e. The van der Waals surface area contributed by atoms with E-state index in [2.05, 4.69) is 23.7 Å². The molecule has 126 valence electrons. The number of aromatic nitrogens is 1. The molecule has 23 heavy (non-hydrogen) atoms. The Bertz CT molecular complexity index is 516. The summed E-state index contributed by atoms with van der Waals surface area (Å²) in [5.74, 6) is 0.959. The third kappa shape index (κ3) is 4.16. The molecule has 0 atom stereocenters. The zero-order chi connectivity index (χ0) is 16.2. The molecule has 2 aliphatic rings. The van der Waals surface area contributed by atoms with Crippen LogP contribution in [0.1, 0.15) is 49.0 Å². The van der Waals surface area contributed by atoms with Gasteiger partial charge < -0.3 is 14.4 Å². The summed E-state index contributed by atoms with van der Waals surface area (Å²) in [5.41, 5.74) is 1.44. The van der Waals surface area contributed by atoms with Crippen molar-refractivity contribution < 1.29 is 14.3 Å². The highest BCUT2D eigenvalue weighted by Crippen LogP contribution is 2.25. The zero-order valence-corrected chi connectivity index (χ0v) is 14.0. The SMILES string of the molecule is CC(C)CN1CCC(C(=O)c2ccc(C3OCCO3)cn2)CC1. The van der Waals surface area contributed by atoms with E-state index in [0.717, 1.165) is 38.0 Å². The molecule has 2 saturated heterocycles. The van der Waals surface area contributed by atoms with Gasteiger partial charge in [-0.1, -0.05) is 19.9 Å². The van der Waals surface area contributed by atoms with Crippen LogP contribution in [0, 0.1) is 11.8 Å². The van der Waals surface area contributed by atoms with Crippen LogP contribution < -0.4 is 0 Å². The third-order valence-corrected chi connectivity index (χ3v) is 4.51. The maximum absolute atomic E-state index is 12.6. The lowest BCUT2D eigenvalue weighted by molar-refractivity contribution is -0.0443. The molecule has 2 aliphatic heterocycles. The topological polar surface area (TPSA) is 51.7 Å². The molecule has 5 heteroatoms. The van der Waals surface area contributed by atoms with Gasteiger partial charge in [0.15, 0.2) is 12.1 Å². The minimum absolute atomic E-state index is 0.107. The number of ether oxygens (including phenoxy) is 2. The van der Waals surface area contributed by atoms with E-state index in [1.807, 2.05) is 12.1 Å². The number of pyridine rings is 1. The predicted molar refractivity (Wildman–Crippen MR) is 87.2 cm³/mol. The fourth-order valence-corrected chi connectivity index (χ4v) is 3.34. The van der Waals surface area contributed by atoms with Crippen molar-refractivity contribution in [3.05, 3.63) is 29.6 Å². The molecule has 0 saturated carbocycles. The summed E-state index contributed by atoms with van der Waals surface area (Å²) >= 11 is 0. The summed E-state index contributed by atoms with van der Waals surface area (Å²) in [6.45, 7) is 8.84. The second-order valence-corrected chi connectivity index (χ2v) is 6.88. The summed E-state index contributed by atoms with van der Waals surface area (Å²) in [7, 11) is 0. The Labute approximate surface area is 138 Å². The number of carbonyl (C=O) groups is 1. The molecule has 0 amide bonds. The lowest BCUT2D eigenvalue weighted by Crippen LogP contribution is -2.38. The minimum Gasteiger partial charge on any atom is -0.346 e. The van der Waals surface area contributed by atoms with Gasteiger partial charge in [0.25, 0.3) is 0 Å². The van der Waals surface area contributed by atoms with Crippen molar-refractivity contribution in [2.24, 2.45) is 11.8 Å². The first kappa shape index (κ1) is 16.6. The molecule has 1 aromatic heterocycles. The number of nitrogens with zero attached hydrogens (tertiary/aromatic N) is 2. The molecule has 1 aromatic rings. The Hall–Kier alpha value is -1.30. The fraction of sp³-hybridized carbons (Fsp3) is 0.667. The largest absolute Gasteiger partial charge is 0.346 e. The molecule has 2 fully saturated rings. The first-order chi connectivity index (χ1) is 11.1. The first-order valence-corrected chi connectivity index (χ1v) is 8.59. The lowest BCUT2D eigenvalue weighted by Gasteiger charge is -2.32. The number of ketones is 1. The van der Waals surface area contributed by atoms with Crippen molar-refractivity contribution in [1.29, 1.82) is 0 Å². The van der Waals surface area contributed by atoms with Gasteiger partial charge in [-0.05, 0) is 37.9 Å². The molecule has 0 N–H and O–H groups in total. The molecule has 5 nitrogen and oxygen atoms in total. The van der Waals surface area contributed by atoms with Crippen LogP contribution in [0.25, 0.3) is 0 Å². The number of rotatable bonds is 5. The van der Waals surface area contributed by atoms with Crippen molar-refractivity contribution in [3.8, 4) is 0 Å². The summed E-state index contributed by atoms with van der Waals surface area (Å²) in [6, 6.07) is 3.70. The highest BCUT2D eigenvalue weighted by atomic mass is 16.7. The normalized spacial score (nSPS) is 21.2. The molecule has 0 bridgehead atoms. The van der Waals surface area contributed by atoms with Gasteiger partial charge in [-0.2, -0.15) is 0 Å². The van der Waals surface area contributed by atoms with Crippen molar-refractivity contribution in [3.63, 3.8) is 0 Å². The molecule has 0 aliphatic carbocycles. The first-order valence-electron chi connectivity index (χ1n) is 8.59. The second kappa shape index (κ2) is 7.51. The highest BCUT2D eigenvalue weighted by molar-refractivity contribution is 5.96. The quantitative estimate of drug-likeness (QED) is 0.781. The van der Waals surface area contributed by atoms with Gasteiger partial charge in [0, 0.05) is 24.2 Å². The van der Waals surface area contributed by atoms with Gasteiger partial charge >= 0.3 is 0 Å². The predicted octanol–water partition coefficient (Wildman–Crippen LogP) is 2.68. The van der Waals surface area contributed by atoms with Crippen LogP contribution in [0.4, 0.5) is 0 Å². The van der Waals surface area contributed by atoms with Gasteiger partial charge in [0.1, 0.15) is 5.69 Å². The van der Waals surface area contributed by atoms with Gasteiger partial charge in [-0.25, -0.2) is 0 Å². The van der Waals surface area contributed by atoms with E-state index >= 15 is 0 Å². The Morgan fingerprint density at radius 1 is 1.26 bits per heavy atom. The summed E-state index contributed by atoms with van der Waals surface area (Å²) in [4.78, 5) is 19.4. The van der Waals surface area contributed by atoms with Crippen molar-refractivity contribution >= 4 is 5.78 Å². The zero-order valence-electron chi connectivity index (χ0n) is 14.0. The standard InChI is InChI=1S/C18H26N2O3/c1-13(2)12-20-7-5-14(6-8-20)17(21)16-4-3-15(11-19-16)18-22-9-10-23-18/h3-4,11,13-14,18H,5-10,12H2,1-2H3. The van der Waals surface area contributed by atoms with Crippen molar-refractivity contribution in [2.75, 3.05) is 32.8 Å². The van der Waals surface area contributed by atoms with Crippen LogP contribution in [0.5, 0.6) is 0 Å². The molecule has 0 unspecified atom stereocenters. The monoisotopic (exact) mass is 318 g/mol. The highest BCUT2D eigenvalue weighted by Gasteiger charge is 2.27. The maximum atomic E-state index is 12.6. The van der Waals surface area contributed by atoms with Crippen LogP contribution >= 0.6 is 0 Å². The Morgan fingerprint density at radius 3 is 2.52 bits per heavy atom. The summed E-state index contributed by atoms with van der Waals surface area (Å²) in [6.07, 6.45) is 3.25. The van der Waals surface area contributed by atoms with E-state index < -0.39 is 0 Å². The number of piperidine rings is 1. The number of hydrogen-bond acceptors (Lipinski definition) is 5. The van der Waals surface area contributed by atoms with E-state index in [0.29, 0.717) is 24.8 Å². The van der Waals surface area contributed by atoms with Crippen molar-refractivity contribution in [2.45, 2.75) is 33.0 Å². The van der Waals surface area contributed by atoms with Gasteiger partial charge in [0.2, 0.25) is 0 Å². The fourth-order valence-electron chi connectivity index (χ4n) is 3.34. The van der Waals surface area contributed by atoms with E-state index in [9.17, 15) is 4.79 Å². The maximum Gasteiger partial charge on any atom is 0.185 e. The molecule has 0 radical (unpaired) electrons. The molecule has 3 rings (SSSR count). The summed E-state index contributed by atoms with van der Waals surface area (Å²) < 4.78 is 10.9. The van der Waals surface area contributed by atoms with E-state index in [4.69, 9.17) is 9.47 Å². The van der Waals surface area contributed by atoms with E-state index in [1.54, 1.807) is 6.20 Å². The van der Waals surface area contributed by atoms with Crippen LogP contribution in [0.3, 0.4) is 0 Å². The Balaban J connectivity index is 1.56. The average molecular weight is 318 g/mol. The van der Waals surface area contributed by atoms with Gasteiger partial charge in [-0.15, -0.1) is 0 Å². The number of Topliss-reactive ketones (excluding diaryl/α,β-unsaturated/α-hetero) is 1. The molecular formula is C18H26N2O3. The van der Waals surface area contributed by atoms with Gasteiger partial charge in [-0.3, -0.25) is 9.78 Å². The van der Waals surface area contributed by atoms with Crippen LogP contribution in [0.2, 0.25) is 0 Å². The number of likely N-dealkylation sites (tertiary alicyclic amines) is 1. The third-order valence-electron chi connectivity index (χ3n) is 4.51.